The number of aromatic nitrogens is 2. The predicted octanol–water partition coefficient (Wildman–Crippen LogP) is 2.53. The molecule has 2 aromatic rings. The molecule has 3 rings (SSSR count). The molecule has 0 spiro atoms. The molecule has 1 fully saturated rings. The van der Waals surface area contributed by atoms with Crippen molar-refractivity contribution in [3.8, 4) is 11.6 Å². The molecule has 1 aromatic heterocycles. The highest BCUT2D eigenvalue weighted by molar-refractivity contribution is 6.31. The van der Waals surface area contributed by atoms with E-state index in [1.165, 1.54) is 13.4 Å². The number of anilines is 1. The van der Waals surface area contributed by atoms with Gasteiger partial charge < -0.3 is 19.3 Å². The van der Waals surface area contributed by atoms with Crippen LogP contribution in [-0.2, 0) is 9.53 Å². The number of aryl methyl sites for hydroxylation is 1. The fourth-order valence-corrected chi connectivity index (χ4v) is 2.88. The standard InChI is InChI=1S/C18H21ClN4O3/c1-13-9-14(3-4-15(13)19)26-17-10-16(20-12-21-17)22-5-7-23(8-6-22)18(24)11-25-2/h3-4,9-10,12H,5-8,11H2,1-2H3. The molecule has 0 atom stereocenters. The van der Waals surface area contributed by atoms with E-state index in [0.29, 0.717) is 42.8 Å². The number of amides is 1. The van der Waals surface area contributed by atoms with Crippen molar-refractivity contribution in [2.45, 2.75) is 6.92 Å². The minimum Gasteiger partial charge on any atom is -0.439 e. The van der Waals surface area contributed by atoms with Crippen LogP contribution in [0.5, 0.6) is 11.6 Å². The van der Waals surface area contributed by atoms with E-state index in [4.69, 9.17) is 21.1 Å². The van der Waals surface area contributed by atoms with Crippen LogP contribution in [-0.4, -0.2) is 60.7 Å². The van der Waals surface area contributed by atoms with Crippen LogP contribution in [0.2, 0.25) is 5.02 Å². The summed E-state index contributed by atoms with van der Waals surface area (Å²) in [7, 11) is 1.53. The molecule has 0 bridgehead atoms. The van der Waals surface area contributed by atoms with Gasteiger partial charge in [-0.05, 0) is 30.7 Å². The summed E-state index contributed by atoms with van der Waals surface area (Å²) in [6.45, 7) is 4.71. The monoisotopic (exact) mass is 376 g/mol. The van der Waals surface area contributed by atoms with Crippen molar-refractivity contribution in [2.24, 2.45) is 0 Å². The Morgan fingerprint density at radius 2 is 1.96 bits per heavy atom. The smallest absolute Gasteiger partial charge is 0.248 e. The fraction of sp³-hybridized carbons (Fsp3) is 0.389. The minimum absolute atomic E-state index is 0.0111. The van der Waals surface area contributed by atoms with E-state index in [2.05, 4.69) is 14.9 Å². The second-order valence-electron chi connectivity index (χ2n) is 6.03. The zero-order chi connectivity index (χ0) is 18.5. The Morgan fingerprint density at radius 1 is 1.19 bits per heavy atom. The van der Waals surface area contributed by atoms with Crippen LogP contribution in [0.25, 0.3) is 0 Å². The van der Waals surface area contributed by atoms with Crippen molar-refractivity contribution in [3.63, 3.8) is 0 Å². The molecule has 1 aliphatic heterocycles. The zero-order valence-electron chi connectivity index (χ0n) is 14.8. The third-order valence-electron chi connectivity index (χ3n) is 4.20. The van der Waals surface area contributed by atoms with Gasteiger partial charge >= 0.3 is 0 Å². The number of hydrogen-bond acceptors (Lipinski definition) is 6. The van der Waals surface area contributed by atoms with Gasteiger partial charge in [0, 0.05) is 44.4 Å². The van der Waals surface area contributed by atoms with Gasteiger partial charge in [0.05, 0.1) is 0 Å². The average Bonchev–Trinajstić information content (AvgIpc) is 2.65. The number of ether oxygens (including phenoxy) is 2. The van der Waals surface area contributed by atoms with E-state index in [-0.39, 0.29) is 12.5 Å². The summed E-state index contributed by atoms with van der Waals surface area (Å²) in [4.78, 5) is 24.3. The molecule has 8 heteroatoms. The maximum atomic E-state index is 11.9. The number of carbonyl (C=O) groups excluding carboxylic acids is 1. The van der Waals surface area contributed by atoms with Gasteiger partial charge in [-0.1, -0.05) is 11.6 Å². The first kappa shape index (κ1) is 18.4. The maximum Gasteiger partial charge on any atom is 0.248 e. The summed E-state index contributed by atoms with van der Waals surface area (Å²) in [5, 5.41) is 0.696. The largest absolute Gasteiger partial charge is 0.439 e. The first-order valence-electron chi connectivity index (χ1n) is 8.34. The van der Waals surface area contributed by atoms with E-state index in [1.54, 1.807) is 23.1 Å². The lowest BCUT2D eigenvalue weighted by molar-refractivity contribution is -0.135. The molecule has 2 heterocycles. The predicted molar refractivity (Wildman–Crippen MR) is 99.0 cm³/mol. The van der Waals surface area contributed by atoms with E-state index in [1.807, 2.05) is 13.0 Å². The number of benzene rings is 1. The lowest BCUT2D eigenvalue weighted by Crippen LogP contribution is -2.50. The van der Waals surface area contributed by atoms with Crippen LogP contribution < -0.4 is 9.64 Å². The van der Waals surface area contributed by atoms with Crippen molar-refractivity contribution >= 4 is 23.3 Å². The number of rotatable bonds is 5. The van der Waals surface area contributed by atoms with Gasteiger partial charge in [-0.15, -0.1) is 0 Å². The molecule has 138 valence electrons. The molecular weight excluding hydrogens is 356 g/mol. The molecule has 26 heavy (non-hydrogen) atoms. The highest BCUT2D eigenvalue weighted by atomic mass is 35.5. The number of halogens is 1. The normalized spacial score (nSPS) is 14.4. The van der Waals surface area contributed by atoms with E-state index in [0.717, 1.165) is 11.4 Å². The zero-order valence-corrected chi connectivity index (χ0v) is 15.6. The first-order valence-corrected chi connectivity index (χ1v) is 8.72. The number of carbonyl (C=O) groups is 1. The summed E-state index contributed by atoms with van der Waals surface area (Å²) < 4.78 is 10.7. The highest BCUT2D eigenvalue weighted by Gasteiger charge is 2.22. The number of nitrogens with zero attached hydrogens (tertiary/aromatic N) is 4. The molecule has 1 saturated heterocycles. The summed E-state index contributed by atoms with van der Waals surface area (Å²) >= 11 is 6.04. The third kappa shape index (κ3) is 4.42. The SMILES string of the molecule is COCC(=O)N1CCN(c2cc(Oc3ccc(Cl)c(C)c3)ncn2)CC1. The molecule has 1 amide bonds. The Labute approximate surface area is 157 Å². The second-order valence-corrected chi connectivity index (χ2v) is 6.44. The van der Waals surface area contributed by atoms with E-state index < -0.39 is 0 Å². The lowest BCUT2D eigenvalue weighted by Gasteiger charge is -2.35. The van der Waals surface area contributed by atoms with Gasteiger partial charge in [0.15, 0.2) is 0 Å². The van der Waals surface area contributed by atoms with Crippen molar-refractivity contribution < 1.29 is 14.3 Å². The molecule has 0 radical (unpaired) electrons. The molecule has 7 nitrogen and oxygen atoms in total. The van der Waals surface area contributed by atoms with Gasteiger partial charge in [-0.25, -0.2) is 9.97 Å². The first-order chi connectivity index (χ1) is 12.6. The van der Waals surface area contributed by atoms with E-state index in [9.17, 15) is 4.79 Å². The fourth-order valence-electron chi connectivity index (χ4n) is 2.76. The Bertz CT molecular complexity index is 779. The molecule has 1 aromatic carbocycles. The van der Waals surface area contributed by atoms with Crippen LogP contribution in [0, 0.1) is 6.92 Å². The van der Waals surface area contributed by atoms with Gasteiger partial charge in [-0.3, -0.25) is 4.79 Å². The second kappa shape index (κ2) is 8.33. The summed E-state index contributed by atoms with van der Waals surface area (Å²) in [6.07, 6.45) is 1.48. The Morgan fingerprint density at radius 3 is 2.65 bits per heavy atom. The molecule has 0 unspecified atom stereocenters. The van der Waals surface area contributed by atoms with Crippen LogP contribution >= 0.6 is 11.6 Å². The molecular formula is C18H21ClN4O3. The minimum atomic E-state index is 0.0111. The van der Waals surface area contributed by atoms with Gasteiger partial charge in [0.1, 0.15) is 24.5 Å². The van der Waals surface area contributed by atoms with Crippen LogP contribution in [0.3, 0.4) is 0 Å². The number of hydrogen-bond donors (Lipinski definition) is 0. The molecule has 0 aliphatic carbocycles. The third-order valence-corrected chi connectivity index (χ3v) is 4.63. The van der Waals surface area contributed by atoms with Gasteiger partial charge in [-0.2, -0.15) is 0 Å². The number of methoxy groups -OCH3 is 1. The Balaban J connectivity index is 1.64. The van der Waals surface area contributed by atoms with Crippen molar-refractivity contribution in [2.75, 3.05) is 44.8 Å². The highest BCUT2D eigenvalue weighted by Crippen LogP contribution is 2.26. The lowest BCUT2D eigenvalue weighted by atomic mass is 10.2. The van der Waals surface area contributed by atoms with Crippen molar-refractivity contribution in [3.05, 3.63) is 41.2 Å². The van der Waals surface area contributed by atoms with Crippen molar-refractivity contribution in [1.29, 1.82) is 0 Å². The average molecular weight is 377 g/mol. The summed E-state index contributed by atoms with van der Waals surface area (Å²) in [5.74, 6) is 1.93. The Hall–Kier alpha value is -2.38. The van der Waals surface area contributed by atoms with Gasteiger partial charge in [0.2, 0.25) is 11.8 Å². The molecule has 0 N–H and O–H groups in total. The molecule has 1 aliphatic rings. The van der Waals surface area contributed by atoms with Crippen LogP contribution in [0.4, 0.5) is 5.82 Å². The quantitative estimate of drug-likeness (QED) is 0.798. The summed E-state index contributed by atoms with van der Waals surface area (Å²) in [6, 6.07) is 7.27. The topological polar surface area (TPSA) is 67.8 Å². The summed E-state index contributed by atoms with van der Waals surface area (Å²) in [5.41, 5.74) is 0.940. The van der Waals surface area contributed by atoms with Gasteiger partial charge in [0.25, 0.3) is 0 Å². The van der Waals surface area contributed by atoms with Crippen molar-refractivity contribution in [1.82, 2.24) is 14.9 Å². The Kier molecular flexibility index (Phi) is 5.90. The van der Waals surface area contributed by atoms with Crippen LogP contribution in [0.1, 0.15) is 5.56 Å². The number of piperazine rings is 1. The van der Waals surface area contributed by atoms with Crippen LogP contribution in [0.15, 0.2) is 30.6 Å². The molecule has 0 saturated carbocycles. The van der Waals surface area contributed by atoms with E-state index >= 15 is 0 Å². The maximum absolute atomic E-state index is 11.9.